The van der Waals surface area contributed by atoms with E-state index in [1.165, 1.54) is 23.3 Å². The average molecular weight is 373 g/mol. The summed E-state index contributed by atoms with van der Waals surface area (Å²) < 4.78 is 12.0. The van der Waals surface area contributed by atoms with Crippen LogP contribution in [0.5, 0.6) is 0 Å². The van der Waals surface area contributed by atoms with E-state index in [4.69, 9.17) is 9.47 Å². The largest absolute Gasteiger partial charge is 0.375 e. The summed E-state index contributed by atoms with van der Waals surface area (Å²) in [5.41, 5.74) is 2.53. The van der Waals surface area contributed by atoms with Gasteiger partial charge in [0, 0.05) is 43.9 Å². The van der Waals surface area contributed by atoms with E-state index in [-0.39, 0.29) is 5.60 Å². The number of aromatic nitrogens is 1. The summed E-state index contributed by atoms with van der Waals surface area (Å²) in [7, 11) is 0. The number of nitrogens with zero attached hydrogens (tertiary/aromatic N) is 2. The van der Waals surface area contributed by atoms with Gasteiger partial charge in [-0.05, 0) is 61.2 Å². The Hall–Kier alpha value is -1.27. The second-order valence-electron chi connectivity index (χ2n) is 7.72. The van der Waals surface area contributed by atoms with Crippen molar-refractivity contribution in [3.05, 3.63) is 52.0 Å². The molecule has 1 spiro atoms. The van der Waals surface area contributed by atoms with Gasteiger partial charge in [0.05, 0.1) is 17.9 Å². The van der Waals surface area contributed by atoms with E-state index in [9.17, 15) is 0 Å². The maximum absolute atomic E-state index is 6.20. The van der Waals surface area contributed by atoms with Crippen LogP contribution in [0.15, 0.2) is 35.8 Å². The van der Waals surface area contributed by atoms with Crippen LogP contribution in [0.3, 0.4) is 0 Å². The van der Waals surface area contributed by atoms with Crippen LogP contribution >= 0.6 is 11.3 Å². The van der Waals surface area contributed by atoms with Crippen molar-refractivity contribution in [1.29, 1.82) is 0 Å². The summed E-state index contributed by atoms with van der Waals surface area (Å²) in [5.74, 6) is 0.720. The van der Waals surface area contributed by atoms with Gasteiger partial charge in [0.1, 0.15) is 0 Å². The van der Waals surface area contributed by atoms with Crippen LogP contribution in [0.1, 0.15) is 35.4 Å². The van der Waals surface area contributed by atoms with Gasteiger partial charge in [0.2, 0.25) is 0 Å². The van der Waals surface area contributed by atoms with E-state index in [1.807, 2.05) is 35.7 Å². The highest BCUT2D eigenvalue weighted by molar-refractivity contribution is 7.10. The van der Waals surface area contributed by atoms with E-state index in [2.05, 4.69) is 28.3 Å². The zero-order valence-corrected chi connectivity index (χ0v) is 16.3. The molecule has 140 valence electrons. The molecule has 4 rings (SSSR count). The summed E-state index contributed by atoms with van der Waals surface area (Å²) in [5, 5.41) is 2.19. The van der Waals surface area contributed by atoms with E-state index >= 15 is 0 Å². The predicted molar refractivity (Wildman–Crippen MR) is 104 cm³/mol. The van der Waals surface area contributed by atoms with Crippen molar-refractivity contribution in [3.63, 3.8) is 0 Å². The molecule has 0 aliphatic carbocycles. The van der Waals surface area contributed by atoms with Crippen molar-refractivity contribution in [2.75, 3.05) is 26.3 Å². The molecule has 0 amide bonds. The number of pyridine rings is 1. The maximum atomic E-state index is 6.20. The lowest BCUT2D eigenvalue weighted by molar-refractivity contribution is -0.182. The number of rotatable bonds is 7. The van der Waals surface area contributed by atoms with Gasteiger partial charge in [-0.3, -0.25) is 9.88 Å². The minimum atomic E-state index is 0.106. The van der Waals surface area contributed by atoms with E-state index in [0.717, 1.165) is 50.9 Å². The Balaban J connectivity index is 1.18. The lowest BCUT2D eigenvalue weighted by Gasteiger charge is -2.53. The summed E-state index contributed by atoms with van der Waals surface area (Å²) in [6.07, 6.45) is 5.29. The highest BCUT2D eigenvalue weighted by atomic mass is 32.1. The van der Waals surface area contributed by atoms with Gasteiger partial charge in [-0.25, -0.2) is 0 Å². The van der Waals surface area contributed by atoms with Crippen LogP contribution < -0.4 is 0 Å². The molecule has 0 N–H and O–H groups in total. The molecular formula is C21H28N2O2S. The fraction of sp³-hybridized carbons (Fsp3) is 0.571. The zero-order valence-electron chi connectivity index (χ0n) is 15.5. The standard InChI is InChI=1S/C21H28N2O2S/c1-17-7-11-26-20(17)13-23-15-21(16-23)12-18(6-10-25-21)5-9-24-14-19-4-2-3-8-22-19/h2-4,7-8,11,18H,5-6,9-10,12-16H2,1H3. The van der Waals surface area contributed by atoms with Crippen molar-refractivity contribution >= 4 is 11.3 Å². The zero-order chi connectivity index (χ0) is 17.8. The molecule has 2 aliphatic rings. The molecule has 2 aliphatic heterocycles. The average Bonchev–Trinajstić information content (AvgIpc) is 3.04. The second kappa shape index (κ2) is 8.17. The van der Waals surface area contributed by atoms with E-state index < -0.39 is 0 Å². The number of thiophene rings is 1. The van der Waals surface area contributed by atoms with Gasteiger partial charge in [0.15, 0.2) is 0 Å². The molecule has 0 radical (unpaired) electrons. The molecule has 5 heteroatoms. The minimum Gasteiger partial charge on any atom is -0.375 e. The van der Waals surface area contributed by atoms with Gasteiger partial charge in [-0.15, -0.1) is 11.3 Å². The van der Waals surface area contributed by atoms with Gasteiger partial charge in [-0.2, -0.15) is 0 Å². The Morgan fingerprint density at radius 2 is 2.27 bits per heavy atom. The predicted octanol–water partition coefficient (Wildman–Crippen LogP) is 4.04. The van der Waals surface area contributed by atoms with Gasteiger partial charge in [0.25, 0.3) is 0 Å². The topological polar surface area (TPSA) is 34.6 Å². The highest BCUT2D eigenvalue weighted by Crippen LogP contribution is 2.39. The Morgan fingerprint density at radius 1 is 1.35 bits per heavy atom. The van der Waals surface area contributed by atoms with E-state index in [1.54, 1.807) is 0 Å². The molecule has 2 aromatic rings. The second-order valence-corrected chi connectivity index (χ2v) is 8.73. The number of hydrogen-bond acceptors (Lipinski definition) is 5. The number of hydrogen-bond donors (Lipinski definition) is 0. The van der Waals surface area contributed by atoms with Gasteiger partial charge in [-0.1, -0.05) is 6.07 Å². The third-order valence-corrected chi connectivity index (χ3v) is 6.61. The lowest BCUT2D eigenvalue weighted by Crippen LogP contribution is -2.64. The van der Waals surface area contributed by atoms with Crippen molar-refractivity contribution in [1.82, 2.24) is 9.88 Å². The normalized spacial score (nSPS) is 22.4. The molecular weight excluding hydrogens is 344 g/mol. The van der Waals surface area contributed by atoms with Gasteiger partial charge >= 0.3 is 0 Å². The van der Waals surface area contributed by atoms with Crippen molar-refractivity contribution in [2.45, 2.75) is 44.9 Å². The number of aryl methyl sites for hydroxylation is 1. The minimum absolute atomic E-state index is 0.106. The van der Waals surface area contributed by atoms with Crippen molar-refractivity contribution < 1.29 is 9.47 Å². The van der Waals surface area contributed by atoms with Gasteiger partial charge < -0.3 is 9.47 Å². The molecule has 4 heterocycles. The molecule has 0 aromatic carbocycles. The molecule has 4 nitrogen and oxygen atoms in total. The monoisotopic (exact) mass is 372 g/mol. The Labute approximate surface area is 160 Å². The molecule has 2 fully saturated rings. The van der Waals surface area contributed by atoms with Crippen LogP contribution in [0.25, 0.3) is 0 Å². The summed E-state index contributed by atoms with van der Waals surface area (Å²) >= 11 is 1.87. The molecule has 2 aromatic heterocycles. The van der Waals surface area contributed by atoms with Crippen LogP contribution in [-0.4, -0.2) is 41.8 Å². The van der Waals surface area contributed by atoms with E-state index in [0.29, 0.717) is 6.61 Å². The van der Waals surface area contributed by atoms with Crippen LogP contribution in [0.4, 0.5) is 0 Å². The summed E-state index contributed by atoms with van der Waals surface area (Å²) in [6, 6.07) is 8.18. The van der Waals surface area contributed by atoms with Crippen LogP contribution in [0, 0.1) is 12.8 Å². The fourth-order valence-electron chi connectivity index (χ4n) is 4.16. The SMILES string of the molecule is Cc1ccsc1CN1CC2(CC(CCOCc3ccccn3)CCO2)C1. The molecule has 1 unspecified atom stereocenters. The fourth-order valence-corrected chi connectivity index (χ4v) is 5.10. The maximum Gasteiger partial charge on any atom is 0.0937 e. The molecule has 26 heavy (non-hydrogen) atoms. The third kappa shape index (κ3) is 4.34. The molecule has 0 saturated carbocycles. The van der Waals surface area contributed by atoms with Crippen LogP contribution in [0.2, 0.25) is 0 Å². The first kappa shape index (κ1) is 18.1. The molecule has 0 bridgehead atoms. The number of ether oxygens (including phenoxy) is 2. The highest BCUT2D eigenvalue weighted by Gasteiger charge is 2.47. The number of likely N-dealkylation sites (tertiary alicyclic amines) is 1. The van der Waals surface area contributed by atoms with Crippen molar-refractivity contribution in [3.8, 4) is 0 Å². The lowest BCUT2D eigenvalue weighted by atomic mass is 9.79. The van der Waals surface area contributed by atoms with Crippen molar-refractivity contribution in [2.24, 2.45) is 5.92 Å². The third-order valence-electron chi connectivity index (χ3n) is 5.60. The smallest absolute Gasteiger partial charge is 0.0937 e. The summed E-state index contributed by atoms with van der Waals surface area (Å²) in [4.78, 5) is 8.33. The van der Waals surface area contributed by atoms with Crippen LogP contribution in [-0.2, 0) is 22.6 Å². The first-order valence-electron chi connectivity index (χ1n) is 9.59. The molecule has 1 atom stereocenters. The molecule has 2 saturated heterocycles. The quantitative estimate of drug-likeness (QED) is 0.687. The first-order chi connectivity index (χ1) is 12.7. The first-order valence-corrected chi connectivity index (χ1v) is 10.5. The Kier molecular flexibility index (Phi) is 5.69. The Morgan fingerprint density at radius 3 is 3.04 bits per heavy atom. The Bertz CT molecular complexity index is 697. The summed E-state index contributed by atoms with van der Waals surface area (Å²) in [6.45, 7) is 7.77.